The summed E-state index contributed by atoms with van der Waals surface area (Å²) in [5.74, 6) is 2.94. The van der Waals surface area contributed by atoms with Crippen molar-refractivity contribution in [2.24, 2.45) is 0 Å². The van der Waals surface area contributed by atoms with Crippen molar-refractivity contribution in [1.82, 2.24) is 5.32 Å². The van der Waals surface area contributed by atoms with Gasteiger partial charge in [0.05, 0.1) is 11.8 Å². The maximum Gasteiger partial charge on any atom is 0.0568 e. The third-order valence-corrected chi connectivity index (χ3v) is 6.14. The van der Waals surface area contributed by atoms with Gasteiger partial charge in [-0.1, -0.05) is 50.2 Å². The third kappa shape index (κ3) is 2.83. The smallest absolute Gasteiger partial charge is 0.0568 e. The van der Waals surface area contributed by atoms with Gasteiger partial charge in [0, 0.05) is 0 Å². The Balaban J connectivity index is 2.31. The van der Waals surface area contributed by atoms with Crippen molar-refractivity contribution < 1.29 is 0 Å². The molecule has 2 heteroatoms. The Morgan fingerprint density at radius 1 is 1.32 bits per heavy atom. The van der Waals surface area contributed by atoms with Gasteiger partial charge in [-0.25, -0.2) is 0 Å². The van der Waals surface area contributed by atoms with Crippen molar-refractivity contribution in [3.8, 4) is 0 Å². The van der Waals surface area contributed by atoms with Crippen LogP contribution in [0.1, 0.15) is 27.7 Å². The standard InChI is InChI=1S/C17H24NP/c1-5-9-14(7-3)16-13(4)15(10-6-2)17(18-16)19-11-8-12-19/h5-11,16-18H,12H2,1-4H3/b9-5-,10-6-,14-7+. The predicted octanol–water partition coefficient (Wildman–Crippen LogP) is 4.71. The van der Waals surface area contributed by atoms with E-state index in [-0.39, 0.29) is 7.92 Å². The van der Waals surface area contributed by atoms with E-state index in [2.05, 4.69) is 75.3 Å². The van der Waals surface area contributed by atoms with Gasteiger partial charge in [-0.3, -0.25) is 5.32 Å². The van der Waals surface area contributed by atoms with Crippen LogP contribution in [0.15, 0.2) is 59.0 Å². The lowest BCUT2D eigenvalue weighted by atomic mass is 9.99. The highest BCUT2D eigenvalue weighted by Crippen LogP contribution is 2.53. The Morgan fingerprint density at radius 3 is 2.53 bits per heavy atom. The van der Waals surface area contributed by atoms with E-state index in [1.807, 2.05) is 0 Å². The van der Waals surface area contributed by atoms with Crippen molar-refractivity contribution in [3.63, 3.8) is 0 Å². The number of hydrogen-bond donors (Lipinski definition) is 1. The lowest BCUT2D eigenvalue weighted by Crippen LogP contribution is -2.33. The second-order valence-electron chi connectivity index (χ2n) is 5.01. The summed E-state index contributed by atoms with van der Waals surface area (Å²) in [5, 5.41) is 3.85. The number of nitrogens with one attached hydrogen (secondary N) is 1. The quantitative estimate of drug-likeness (QED) is 0.578. The molecule has 3 unspecified atom stereocenters. The highest BCUT2D eigenvalue weighted by atomic mass is 31.1. The maximum absolute atomic E-state index is 3.85. The van der Waals surface area contributed by atoms with Crippen LogP contribution in [0, 0.1) is 0 Å². The molecule has 0 radical (unpaired) electrons. The van der Waals surface area contributed by atoms with Crippen LogP contribution in [-0.4, -0.2) is 18.0 Å². The molecular weight excluding hydrogens is 249 g/mol. The van der Waals surface area contributed by atoms with Crippen LogP contribution in [0.4, 0.5) is 0 Å². The van der Waals surface area contributed by atoms with Gasteiger partial charge in [0.1, 0.15) is 0 Å². The van der Waals surface area contributed by atoms with Gasteiger partial charge in [-0.05, 0) is 50.6 Å². The molecule has 1 N–H and O–H groups in total. The van der Waals surface area contributed by atoms with Crippen molar-refractivity contribution in [2.45, 2.75) is 39.5 Å². The molecule has 102 valence electrons. The molecular formula is C17H24NP. The first-order valence-electron chi connectivity index (χ1n) is 7.03. The minimum Gasteiger partial charge on any atom is -0.296 e. The highest BCUT2D eigenvalue weighted by Gasteiger charge is 2.35. The molecule has 0 saturated carbocycles. The summed E-state index contributed by atoms with van der Waals surface area (Å²) in [5.41, 5.74) is 4.37. The Labute approximate surface area is 118 Å². The van der Waals surface area contributed by atoms with E-state index in [0.717, 1.165) is 0 Å². The fourth-order valence-electron chi connectivity index (χ4n) is 2.75. The topological polar surface area (TPSA) is 12.0 Å². The van der Waals surface area contributed by atoms with E-state index in [4.69, 9.17) is 0 Å². The Morgan fingerprint density at radius 2 is 2.05 bits per heavy atom. The molecule has 0 bridgehead atoms. The first-order valence-corrected chi connectivity index (χ1v) is 8.70. The Bertz CT molecular complexity index is 479. The fraction of sp³-hybridized carbons (Fsp3) is 0.412. The second kappa shape index (κ2) is 6.50. The Hall–Kier alpha value is -0.910. The summed E-state index contributed by atoms with van der Waals surface area (Å²) in [4.78, 5) is 0. The van der Waals surface area contributed by atoms with Crippen LogP contribution in [-0.2, 0) is 0 Å². The molecule has 0 amide bonds. The molecule has 0 spiro atoms. The third-order valence-electron chi connectivity index (χ3n) is 3.82. The second-order valence-corrected chi connectivity index (χ2v) is 7.22. The van der Waals surface area contributed by atoms with Crippen LogP contribution in [0.3, 0.4) is 0 Å². The van der Waals surface area contributed by atoms with Gasteiger partial charge in [0.15, 0.2) is 0 Å². The molecule has 0 aliphatic carbocycles. The zero-order valence-electron chi connectivity index (χ0n) is 12.4. The van der Waals surface area contributed by atoms with E-state index in [9.17, 15) is 0 Å². The minimum absolute atomic E-state index is 0.00583. The van der Waals surface area contributed by atoms with Crippen LogP contribution >= 0.6 is 7.92 Å². The summed E-state index contributed by atoms with van der Waals surface area (Å²) in [6, 6.07) is 0.383. The largest absolute Gasteiger partial charge is 0.296 e. The molecule has 3 atom stereocenters. The summed E-state index contributed by atoms with van der Waals surface area (Å²) < 4.78 is 0. The van der Waals surface area contributed by atoms with Crippen LogP contribution in [0.25, 0.3) is 0 Å². The van der Waals surface area contributed by atoms with Gasteiger partial charge in [0.25, 0.3) is 0 Å². The predicted molar refractivity (Wildman–Crippen MR) is 87.7 cm³/mol. The molecule has 19 heavy (non-hydrogen) atoms. The van der Waals surface area contributed by atoms with E-state index in [1.54, 1.807) is 0 Å². The summed E-state index contributed by atoms with van der Waals surface area (Å²) in [7, 11) is 0.00583. The normalized spacial score (nSPS) is 31.8. The molecule has 0 aromatic rings. The molecule has 1 nitrogen and oxygen atoms in total. The van der Waals surface area contributed by atoms with Gasteiger partial charge in [-0.2, -0.15) is 0 Å². The SMILES string of the molecule is C/C=C\C1=C(C)C(C(/C=C\C)=C/C)NC1P1C=CC1. The molecule has 0 aromatic heterocycles. The average molecular weight is 273 g/mol. The van der Waals surface area contributed by atoms with Crippen molar-refractivity contribution in [2.75, 3.05) is 6.16 Å². The first kappa shape index (κ1) is 14.5. The summed E-state index contributed by atoms with van der Waals surface area (Å²) >= 11 is 0. The lowest BCUT2D eigenvalue weighted by molar-refractivity contribution is 0.701. The zero-order valence-corrected chi connectivity index (χ0v) is 13.2. The summed E-state index contributed by atoms with van der Waals surface area (Å²) in [6.07, 6.45) is 14.6. The van der Waals surface area contributed by atoms with E-state index in [0.29, 0.717) is 11.8 Å². The maximum atomic E-state index is 3.85. The van der Waals surface area contributed by atoms with E-state index in [1.165, 1.54) is 22.9 Å². The summed E-state index contributed by atoms with van der Waals surface area (Å²) in [6.45, 7) is 8.60. The monoisotopic (exact) mass is 273 g/mol. The van der Waals surface area contributed by atoms with Crippen molar-refractivity contribution >= 4 is 7.92 Å². The van der Waals surface area contributed by atoms with E-state index >= 15 is 0 Å². The van der Waals surface area contributed by atoms with Gasteiger partial charge in [0.2, 0.25) is 0 Å². The number of hydrogen-bond acceptors (Lipinski definition) is 1. The molecule has 2 rings (SSSR count). The fourth-order valence-corrected chi connectivity index (χ4v) is 4.57. The van der Waals surface area contributed by atoms with Crippen molar-refractivity contribution in [3.05, 3.63) is 59.0 Å². The Kier molecular flexibility index (Phi) is 4.96. The molecule has 0 aromatic carbocycles. The average Bonchev–Trinajstić information content (AvgIpc) is 2.64. The van der Waals surface area contributed by atoms with E-state index < -0.39 is 0 Å². The lowest BCUT2D eigenvalue weighted by Gasteiger charge is -2.28. The van der Waals surface area contributed by atoms with Crippen molar-refractivity contribution in [1.29, 1.82) is 0 Å². The zero-order chi connectivity index (χ0) is 13.8. The molecule has 2 heterocycles. The highest BCUT2D eigenvalue weighted by molar-refractivity contribution is 7.63. The first-order chi connectivity index (χ1) is 9.22. The molecule has 0 saturated heterocycles. The van der Waals surface area contributed by atoms with Gasteiger partial charge in [-0.15, -0.1) is 0 Å². The van der Waals surface area contributed by atoms with Gasteiger partial charge < -0.3 is 0 Å². The molecule has 2 aliphatic heterocycles. The van der Waals surface area contributed by atoms with Crippen LogP contribution in [0.5, 0.6) is 0 Å². The van der Waals surface area contributed by atoms with Crippen LogP contribution in [0.2, 0.25) is 0 Å². The van der Waals surface area contributed by atoms with Crippen LogP contribution < -0.4 is 5.32 Å². The number of rotatable bonds is 4. The molecule has 2 aliphatic rings. The number of allylic oxidation sites excluding steroid dienone is 4. The molecule has 0 fully saturated rings. The minimum atomic E-state index is 0.00583. The van der Waals surface area contributed by atoms with Gasteiger partial charge >= 0.3 is 0 Å².